The van der Waals surface area contributed by atoms with Crippen LogP contribution in [0.25, 0.3) is 0 Å². The van der Waals surface area contributed by atoms with Gasteiger partial charge in [0, 0.05) is 6.42 Å². The Morgan fingerprint density at radius 3 is 2.46 bits per heavy atom. The number of allylic oxidation sites excluding steroid dienone is 8. The van der Waals surface area contributed by atoms with Gasteiger partial charge in [0.25, 0.3) is 0 Å². The van der Waals surface area contributed by atoms with Crippen LogP contribution in [0.3, 0.4) is 0 Å². The molecule has 0 aromatic carbocycles. The van der Waals surface area contributed by atoms with Gasteiger partial charge in [-0.3, -0.25) is 4.79 Å². The Labute approximate surface area is 147 Å². The second-order valence-electron chi connectivity index (χ2n) is 5.38. The van der Waals surface area contributed by atoms with Gasteiger partial charge in [0.2, 0.25) is 0 Å². The van der Waals surface area contributed by atoms with Crippen LogP contribution in [-0.2, 0) is 9.53 Å². The van der Waals surface area contributed by atoms with E-state index in [2.05, 4.69) is 42.0 Å². The average molecular weight is 332 g/mol. The van der Waals surface area contributed by atoms with Crippen molar-refractivity contribution in [2.45, 2.75) is 58.0 Å². The lowest BCUT2D eigenvalue weighted by molar-refractivity contribution is -0.140. The number of rotatable bonds is 13. The van der Waals surface area contributed by atoms with Gasteiger partial charge in [0.1, 0.15) is 0 Å². The first-order valence-electron chi connectivity index (χ1n) is 8.73. The standard InChI is InChI=1S/C21H32O3/c1-3-4-5-6-11-14-17-20(22)18-15-12-9-7-8-10-13-16-19-21(23)24-2/h4-5,8-12,14-15,18,20,22H,3,6-7,13,16-17,19H2,1-2H3. The number of unbranched alkanes of at least 4 members (excludes halogenated alkanes) is 1. The molecule has 0 amide bonds. The van der Waals surface area contributed by atoms with E-state index < -0.39 is 6.10 Å². The molecule has 0 spiro atoms. The number of esters is 1. The smallest absolute Gasteiger partial charge is 0.305 e. The van der Waals surface area contributed by atoms with Gasteiger partial charge in [-0.2, -0.15) is 0 Å². The third kappa shape index (κ3) is 16.5. The fourth-order valence-corrected chi connectivity index (χ4v) is 1.86. The molecule has 1 N–H and O–H groups in total. The van der Waals surface area contributed by atoms with Gasteiger partial charge in [0.15, 0.2) is 0 Å². The topological polar surface area (TPSA) is 46.5 Å². The van der Waals surface area contributed by atoms with Crippen LogP contribution in [0.2, 0.25) is 0 Å². The molecule has 0 radical (unpaired) electrons. The largest absolute Gasteiger partial charge is 0.469 e. The molecule has 134 valence electrons. The second-order valence-corrected chi connectivity index (χ2v) is 5.38. The molecule has 0 heterocycles. The van der Waals surface area contributed by atoms with E-state index in [0.29, 0.717) is 12.8 Å². The lowest BCUT2D eigenvalue weighted by Crippen LogP contribution is -1.98. The maximum atomic E-state index is 10.9. The molecule has 0 fully saturated rings. The SMILES string of the molecule is CCC=CCC=CCC(O)C=CC=CCC=CCCCC(=O)OC. The highest BCUT2D eigenvalue weighted by atomic mass is 16.5. The van der Waals surface area contributed by atoms with Crippen LogP contribution in [0.5, 0.6) is 0 Å². The number of hydrogen-bond donors (Lipinski definition) is 1. The number of methoxy groups -OCH3 is 1. The number of aliphatic hydroxyl groups excluding tert-OH is 1. The molecule has 0 rings (SSSR count). The first kappa shape index (κ1) is 22.1. The fourth-order valence-electron chi connectivity index (χ4n) is 1.86. The molecule has 1 unspecified atom stereocenters. The summed E-state index contributed by atoms with van der Waals surface area (Å²) >= 11 is 0. The van der Waals surface area contributed by atoms with E-state index in [1.54, 1.807) is 6.08 Å². The second kappa shape index (κ2) is 17.5. The van der Waals surface area contributed by atoms with Crippen LogP contribution in [0.15, 0.2) is 60.8 Å². The van der Waals surface area contributed by atoms with Crippen LogP contribution in [-0.4, -0.2) is 24.3 Å². The summed E-state index contributed by atoms with van der Waals surface area (Å²) in [5, 5.41) is 9.78. The zero-order valence-corrected chi connectivity index (χ0v) is 15.1. The van der Waals surface area contributed by atoms with Gasteiger partial charge in [-0.05, 0) is 38.5 Å². The molecule has 0 aliphatic carbocycles. The molecule has 0 aliphatic heterocycles. The predicted molar refractivity (Wildman–Crippen MR) is 102 cm³/mol. The zero-order chi connectivity index (χ0) is 17.9. The highest BCUT2D eigenvalue weighted by Crippen LogP contribution is 2.00. The number of carbonyl (C=O) groups excluding carboxylic acids is 1. The number of carbonyl (C=O) groups is 1. The van der Waals surface area contributed by atoms with Gasteiger partial charge in [-0.1, -0.05) is 67.7 Å². The normalized spacial score (nSPS) is 14.0. The van der Waals surface area contributed by atoms with Crippen molar-refractivity contribution in [3.63, 3.8) is 0 Å². The first-order chi connectivity index (χ1) is 11.7. The maximum Gasteiger partial charge on any atom is 0.305 e. The molecule has 24 heavy (non-hydrogen) atoms. The fraction of sp³-hybridized carbons (Fsp3) is 0.476. The summed E-state index contributed by atoms with van der Waals surface area (Å²) < 4.78 is 4.58. The Balaban J connectivity index is 3.68. The number of hydrogen-bond acceptors (Lipinski definition) is 3. The number of ether oxygens (including phenoxy) is 1. The summed E-state index contributed by atoms with van der Waals surface area (Å²) in [7, 11) is 1.41. The third-order valence-electron chi connectivity index (χ3n) is 3.22. The molecular weight excluding hydrogens is 300 g/mol. The molecular formula is C21H32O3. The molecule has 0 saturated carbocycles. The Kier molecular flexibility index (Phi) is 16.1. The molecule has 0 bridgehead atoms. The molecule has 1 atom stereocenters. The van der Waals surface area contributed by atoms with E-state index in [1.807, 2.05) is 24.3 Å². The van der Waals surface area contributed by atoms with Crippen molar-refractivity contribution in [2.75, 3.05) is 7.11 Å². The molecule has 3 nitrogen and oxygen atoms in total. The highest BCUT2D eigenvalue weighted by molar-refractivity contribution is 5.69. The monoisotopic (exact) mass is 332 g/mol. The molecule has 0 aromatic rings. The first-order valence-corrected chi connectivity index (χ1v) is 8.73. The van der Waals surface area contributed by atoms with Crippen LogP contribution in [0.1, 0.15) is 51.9 Å². The average Bonchev–Trinajstić information content (AvgIpc) is 2.59. The third-order valence-corrected chi connectivity index (χ3v) is 3.22. The number of aliphatic hydroxyl groups is 1. The lowest BCUT2D eigenvalue weighted by atomic mass is 10.2. The molecule has 0 aliphatic rings. The zero-order valence-electron chi connectivity index (χ0n) is 15.1. The van der Waals surface area contributed by atoms with Crippen LogP contribution in [0, 0.1) is 0 Å². The Hall–Kier alpha value is -1.87. The minimum absolute atomic E-state index is 0.153. The van der Waals surface area contributed by atoms with E-state index >= 15 is 0 Å². The van der Waals surface area contributed by atoms with Crippen molar-refractivity contribution < 1.29 is 14.6 Å². The molecule has 0 saturated heterocycles. The highest BCUT2D eigenvalue weighted by Gasteiger charge is 1.96. The summed E-state index contributed by atoms with van der Waals surface area (Å²) in [5.74, 6) is -0.153. The summed E-state index contributed by atoms with van der Waals surface area (Å²) in [6.45, 7) is 2.11. The van der Waals surface area contributed by atoms with E-state index in [-0.39, 0.29) is 5.97 Å². The Morgan fingerprint density at radius 2 is 1.71 bits per heavy atom. The van der Waals surface area contributed by atoms with Gasteiger partial charge in [-0.15, -0.1) is 0 Å². The quantitative estimate of drug-likeness (QED) is 0.222. The van der Waals surface area contributed by atoms with Crippen molar-refractivity contribution in [1.29, 1.82) is 0 Å². The van der Waals surface area contributed by atoms with Crippen LogP contribution < -0.4 is 0 Å². The summed E-state index contributed by atoms with van der Waals surface area (Å²) in [6, 6.07) is 0. The summed E-state index contributed by atoms with van der Waals surface area (Å²) in [6.07, 6.45) is 25.4. The Morgan fingerprint density at radius 1 is 1.00 bits per heavy atom. The van der Waals surface area contributed by atoms with Gasteiger partial charge in [-0.25, -0.2) is 0 Å². The molecule has 0 aromatic heterocycles. The lowest BCUT2D eigenvalue weighted by Gasteiger charge is -1.98. The van der Waals surface area contributed by atoms with Crippen LogP contribution in [0.4, 0.5) is 0 Å². The Bertz CT molecular complexity index is 442. The van der Waals surface area contributed by atoms with Crippen molar-refractivity contribution in [2.24, 2.45) is 0 Å². The van der Waals surface area contributed by atoms with Crippen molar-refractivity contribution >= 4 is 5.97 Å². The van der Waals surface area contributed by atoms with Crippen molar-refractivity contribution in [1.82, 2.24) is 0 Å². The van der Waals surface area contributed by atoms with E-state index in [4.69, 9.17) is 0 Å². The minimum atomic E-state index is -0.435. The molecule has 3 heteroatoms. The van der Waals surface area contributed by atoms with Crippen LogP contribution >= 0.6 is 0 Å². The van der Waals surface area contributed by atoms with Gasteiger partial charge >= 0.3 is 5.97 Å². The maximum absolute atomic E-state index is 10.9. The van der Waals surface area contributed by atoms with E-state index in [0.717, 1.165) is 32.1 Å². The van der Waals surface area contributed by atoms with E-state index in [9.17, 15) is 9.90 Å². The summed E-state index contributed by atoms with van der Waals surface area (Å²) in [4.78, 5) is 10.9. The minimum Gasteiger partial charge on any atom is -0.469 e. The van der Waals surface area contributed by atoms with Crippen molar-refractivity contribution in [3.05, 3.63) is 60.8 Å². The summed E-state index contributed by atoms with van der Waals surface area (Å²) in [5.41, 5.74) is 0. The van der Waals surface area contributed by atoms with E-state index in [1.165, 1.54) is 7.11 Å². The van der Waals surface area contributed by atoms with Gasteiger partial charge < -0.3 is 9.84 Å². The van der Waals surface area contributed by atoms with Crippen molar-refractivity contribution in [3.8, 4) is 0 Å². The van der Waals surface area contributed by atoms with Gasteiger partial charge in [0.05, 0.1) is 13.2 Å². The predicted octanol–water partition coefficient (Wildman–Crippen LogP) is 5.05.